The summed E-state index contributed by atoms with van der Waals surface area (Å²) in [6.07, 6.45) is 5.48. The Balaban J connectivity index is 2.40. The molecule has 1 heterocycles. The molecule has 0 spiro atoms. The summed E-state index contributed by atoms with van der Waals surface area (Å²) in [5.41, 5.74) is 0. The van der Waals surface area contributed by atoms with Gasteiger partial charge in [0.25, 0.3) is 0 Å². The van der Waals surface area contributed by atoms with Gasteiger partial charge in [0.1, 0.15) is 0 Å². The van der Waals surface area contributed by atoms with Crippen LogP contribution in [0.5, 0.6) is 0 Å². The summed E-state index contributed by atoms with van der Waals surface area (Å²) in [6.45, 7) is 10.8. The van der Waals surface area contributed by atoms with Crippen LogP contribution in [0.25, 0.3) is 0 Å². The van der Waals surface area contributed by atoms with E-state index in [-0.39, 0.29) is 0 Å². The SMILES string of the molecule is CCCC(C)N1CC[C@H](C)C[C@@H]1C. The molecule has 0 aromatic rings. The lowest BCUT2D eigenvalue weighted by Gasteiger charge is -2.40. The van der Waals surface area contributed by atoms with Gasteiger partial charge in [-0.15, -0.1) is 0 Å². The summed E-state index contributed by atoms with van der Waals surface area (Å²) in [4.78, 5) is 2.70. The third kappa shape index (κ3) is 2.98. The van der Waals surface area contributed by atoms with E-state index in [1.54, 1.807) is 0 Å². The fourth-order valence-corrected chi connectivity index (χ4v) is 2.66. The monoisotopic (exact) mass is 183 g/mol. The first-order valence-corrected chi connectivity index (χ1v) is 5.90. The van der Waals surface area contributed by atoms with E-state index >= 15 is 0 Å². The molecule has 1 saturated heterocycles. The first-order chi connectivity index (χ1) is 6.15. The molecule has 0 amide bonds. The fourth-order valence-electron chi connectivity index (χ4n) is 2.66. The number of piperidine rings is 1. The molecule has 0 aliphatic carbocycles. The zero-order chi connectivity index (χ0) is 9.84. The van der Waals surface area contributed by atoms with E-state index in [0.29, 0.717) is 0 Å². The molecule has 1 fully saturated rings. The third-order valence-electron chi connectivity index (χ3n) is 3.46. The minimum atomic E-state index is 0.799. The van der Waals surface area contributed by atoms with Crippen LogP contribution in [0.4, 0.5) is 0 Å². The first kappa shape index (κ1) is 11.0. The summed E-state index contributed by atoms with van der Waals surface area (Å²) in [5.74, 6) is 0.945. The van der Waals surface area contributed by atoms with Gasteiger partial charge in [-0.1, -0.05) is 20.3 Å². The predicted octanol–water partition coefficient (Wildman–Crippen LogP) is 3.30. The highest BCUT2D eigenvalue weighted by molar-refractivity contribution is 4.80. The second-order valence-corrected chi connectivity index (χ2v) is 4.85. The zero-order valence-electron chi connectivity index (χ0n) is 9.71. The van der Waals surface area contributed by atoms with Crippen molar-refractivity contribution in [1.82, 2.24) is 4.90 Å². The van der Waals surface area contributed by atoms with Gasteiger partial charge < -0.3 is 0 Å². The molecule has 3 atom stereocenters. The van der Waals surface area contributed by atoms with E-state index in [9.17, 15) is 0 Å². The minimum absolute atomic E-state index is 0.799. The molecule has 1 unspecified atom stereocenters. The summed E-state index contributed by atoms with van der Waals surface area (Å²) in [7, 11) is 0. The van der Waals surface area contributed by atoms with E-state index in [4.69, 9.17) is 0 Å². The Morgan fingerprint density at radius 3 is 2.62 bits per heavy atom. The molecule has 1 rings (SSSR count). The molecule has 13 heavy (non-hydrogen) atoms. The fraction of sp³-hybridized carbons (Fsp3) is 1.00. The molecule has 0 aromatic carbocycles. The van der Waals surface area contributed by atoms with Gasteiger partial charge in [-0.05, 0) is 45.6 Å². The molecule has 0 aromatic heterocycles. The Labute approximate surface area is 83.5 Å². The van der Waals surface area contributed by atoms with Crippen LogP contribution in [-0.4, -0.2) is 23.5 Å². The largest absolute Gasteiger partial charge is 0.298 e. The van der Waals surface area contributed by atoms with E-state index in [2.05, 4.69) is 32.6 Å². The molecule has 78 valence electrons. The molecule has 1 heteroatoms. The van der Waals surface area contributed by atoms with Crippen molar-refractivity contribution < 1.29 is 0 Å². The predicted molar refractivity (Wildman–Crippen MR) is 58.9 cm³/mol. The van der Waals surface area contributed by atoms with Gasteiger partial charge in [0, 0.05) is 12.1 Å². The van der Waals surface area contributed by atoms with Gasteiger partial charge in [0.05, 0.1) is 0 Å². The average Bonchev–Trinajstić information content (AvgIpc) is 2.04. The van der Waals surface area contributed by atoms with Gasteiger partial charge in [0.2, 0.25) is 0 Å². The Kier molecular flexibility index (Phi) is 4.24. The highest BCUT2D eigenvalue weighted by Crippen LogP contribution is 2.25. The standard InChI is InChI=1S/C12H25N/c1-5-6-11(3)13-8-7-10(2)9-12(13)4/h10-12H,5-9H2,1-4H3/t10-,11?,12-/m0/s1. The maximum absolute atomic E-state index is 2.70. The number of nitrogens with zero attached hydrogens (tertiary/aromatic N) is 1. The van der Waals surface area contributed by atoms with Crippen LogP contribution in [0.1, 0.15) is 53.4 Å². The van der Waals surface area contributed by atoms with Crippen molar-refractivity contribution in [3.8, 4) is 0 Å². The summed E-state index contributed by atoms with van der Waals surface area (Å²) in [5, 5.41) is 0. The number of likely N-dealkylation sites (tertiary alicyclic amines) is 1. The van der Waals surface area contributed by atoms with Gasteiger partial charge in [-0.3, -0.25) is 4.90 Å². The highest BCUT2D eigenvalue weighted by Gasteiger charge is 2.25. The van der Waals surface area contributed by atoms with Crippen LogP contribution in [0.3, 0.4) is 0 Å². The maximum atomic E-state index is 2.70. The van der Waals surface area contributed by atoms with Crippen molar-refractivity contribution in [2.75, 3.05) is 6.54 Å². The maximum Gasteiger partial charge on any atom is 0.00722 e. The van der Waals surface area contributed by atoms with Crippen molar-refractivity contribution >= 4 is 0 Å². The molecule has 0 saturated carbocycles. The lowest BCUT2D eigenvalue weighted by Crippen LogP contribution is -2.45. The molecule has 0 bridgehead atoms. The number of hydrogen-bond acceptors (Lipinski definition) is 1. The smallest absolute Gasteiger partial charge is 0.00722 e. The first-order valence-electron chi connectivity index (χ1n) is 5.90. The lowest BCUT2D eigenvalue weighted by molar-refractivity contribution is 0.0851. The van der Waals surface area contributed by atoms with Crippen molar-refractivity contribution in [1.29, 1.82) is 0 Å². The molecule has 0 N–H and O–H groups in total. The molecular formula is C12H25N. The van der Waals surface area contributed by atoms with Crippen LogP contribution in [0.15, 0.2) is 0 Å². The van der Waals surface area contributed by atoms with E-state index < -0.39 is 0 Å². The van der Waals surface area contributed by atoms with Crippen LogP contribution in [-0.2, 0) is 0 Å². The van der Waals surface area contributed by atoms with Gasteiger partial charge in [-0.25, -0.2) is 0 Å². The van der Waals surface area contributed by atoms with Gasteiger partial charge in [0.15, 0.2) is 0 Å². The Morgan fingerprint density at radius 1 is 1.38 bits per heavy atom. The number of rotatable bonds is 3. The van der Waals surface area contributed by atoms with Crippen molar-refractivity contribution in [3.05, 3.63) is 0 Å². The average molecular weight is 183 g/mol. The molecular weight excluding hydrogens is 158 g/mol. The second kappa shape index (κ2) is 4.99. The minimum Gasteiger partial charge on any atom is -0.298 e. The van der Waals surface area contributed by atoms with E-state index in [1.165, 1.54) is 32.2 Å². The van der Waals surface area contributed by atoms with Crippen LogP contribution < -0.4 is 0 Å². The summed E-state index contributed by atoms with van der Waals surface area (Å²) in [6, 6.07) is 1.61. The number of hydrogen-bond donors (Lipinski definition) is 0. The highest BCUT2D eigenvalue weighted by atomic mass is 15.2. The zero-order valence-corrected chi connectivity index (χ0v) is 9.71. The Morgan fingerprint density at radius 2 is 2.08 bits per heavy atom. The van der Waals surface area contributed by atoms with Gasteiger partial charge in [-0.2, -0.15) is 0 Å². The topological polar surface area (TPSA) is 3.24 Å². The quantitative estimate of drug-likeness (QED) is 0.649. The summed E-state index contributed by atoms with van der Waals surface area (Å²) >= 11 is 0. The van der Waals surface area contributed by atoms with E-state index in [0.717, 1.165) is 18.0 Å². The third-order valence-corrected chi connectivity index (χ3v) is 3.46. The second-order valence-electron chi connectivity index (χ2n) is 4.85. The van der Waals surface area contributed by atoms with Crippen LogP contribution >= 0.6 is 0 Å². The molecule has 1 nitrogen and oxygen atoms in total. The summed E-state index contributed by atoms with van der Waals surface area (Å²) < 4.78 is 0. The molecule has 1 aliphatic heterocycles. The van der Waals surface area contributed by atoms with Crippen molar-refractivity contribution in [2.24, 2.45) is 5.92 Å². The van der Waals surface area contributed by atoms with Crippen LogP contribution in [0, 0.1) is 5.92 Å². The Hall–Kier alpha value is -0.0400. The molecule has 1 aliphatic rings. The van der Waals surface area contributed by atoms with Gasteiger partial charge >= 0.3 is 0 Å². The normalized spacial score (nSPS) is 33.2. The lowest BCUT2D eigenvalue weighted by atomic mass is 9.91. The molecule has 0 radical (unpaired) electrons. The van der Waals surface area contributed by atoms with E-state index in [1.807, 2.05) is 0 Å². The van der Waals surface area contributed by atoms with Crippen molar-refractivity contribution in [2.45, 2.75) is 65.5 Å². The van der Waals surface area contributed by atoms with Crippen LogP contribution in [0.2, 0.25) is 0 Å². The van der Waals surface area contributed by atoms with Crippen molar-refractivity contribution in [3.63, 3.8) is 0 Å². The Bertz CT molecular complexity index is 140.